The maximum atomic E-state index is 12.0. The molecule has 0 bridgehead atoms. The molecule has 0 fully saturated rings. The van der Waals surface area contributed by atoms with Gasteiger partial charge in [0.25, 0.3) is 0 Å². The molecule has 0 aliphatic carbocycles. The lowest BCUT2D eigenvalue weighted by molar-refractivity contribution is 0.0993. The van der Waals surface area contributed by atoms with Gasteiger partial charge in [-0.05, 0) is 28.5 Å². The van der Waals surface area contributed by atoms with Crippen molar-refractivity contribution in [3.63, 3.8) is 0 Å². The van der Waals surface area contributed by atoms with Gasteiger partial charge in [0.15, 0.2) is 5.78 Å². The number of furan rings is 1. The molecular formula is C14H10O2S. The number of thiophene rings is 1. The van der Waals surface area contributed by atoms with Crippen LogP contribution in [0, 0.1) is 0 Å². The molecule has 0 saturated heterocycles. The van der Waals surface area contributed by atoms with Crippen LogP contribution >= 0.6 is 11.3 Å². The van der Waals surface area contributed by atoms with Crippen LogP contribution in [0.3, 0.4) is 0 Å². The molecule has 3 aromatic rings. The molecule has 0 atom stereocenters. The van der Waals surface area contributed by atoms with Gasteiger partial charge in [-0.25, -0.2) is 0 Å². The first kappa shape index (κ1) is 10.3. The third-order valence-corrected chi connectivity index (χ3v) is 3.77. The molecular weight excluding hydrogens is 232 g/mol. The van der Waals surface area contributed by atoms with Gasteiger partial charge < -0.3 is 4.42 Å². The van der Waals surface area contributed by atoms with Crippen molar-refractivity contribution in [2.45, 2.75) is 6.42 Å². The Morgan fingerprint density at radius 1 is 1.24 bits per heavy atom. The molecule has 0 amide bonds. The fraction of sp³-hybridized carbons (Fsp3) is 0.0714. The molecule has 17 heavy (non-hydrogen) atoms. The number of benzene rings is 1. The number of rotatable bonds is 3. The van der Waals surface area contributed by atoms with Gasteiger partial charge in [-0.3, -0.25) is 4.79 Å². The highest BCUT2D eigenvalue weighted by Gasteiger charge is 2.11. The second-order valence-electron chi connectivity index (χ2n) is 3.87. The molecule has 0 aliphatic heterocycles. The van der Waals surface area contributed by atoms with Gasteiger partial charge in [0.1, 0.15) is 6.26 Å². The monoisotopic (exact) mass is 242 g/mol. The molecule has 84 valence electrons. The maximum absolute atomic E-state index is 12.0. The molecule has 2 nitrogen and oxygen atoms in total. The van der Waals surface area contributed by atoms with Crippen LogP contribution in [-0.2, 0) is 6.42 Å². The highest BCUT2D eigenvalue weighted by atomic mass is 32.1. The average Bonchev–Trinajstić information content (AvgIpc) is 2.98. The first-order valence-electron chi connectivity index (χ1n) is 5.35. The maximum Gasteiger partial charge on any atom is 0.170 e. The van der Waals surface area contributed by atoms with E-state index in [0.29, 0.717) is 12.0 Å². The third kappa shape index (κ3) is 1.89. The van der Waals surface area contributed by atoms with Crippen LogP contribution in [0.15, 0.2) is 52.7 Å². The van der Waals surface area contributed by atoms with Crippen LogP contribution in [0.5, 0.6) is 0 Å². The molecule has 3 rings (SSSR count). The number of hydrogen-bond donors (Lipinski definition) is 0. The van der Waals surface area contributed by atoms with Crippen molar-refractivity contribution in [3.8, 4) is 0 Å². The van der Waals surface area contributed by atoms with Crippen LogP contribution in [0.4, 0.5) is 0 Å². The number of hydrogen-bond acceptors (Lipinski definition) is 3. The van der Waals surface area contributed by atoms with E-state index in [-0.39, 0.29) is 5.78 Å². The molecule has 0 unspecified atom stereocenters. The zero-order chi connectivity index (χ0) is 11.7. The van der Waals surface area contributed by atoms with Crippen molar-refractivity contribution >= 4 is 27.2 Å². The molecule has 2 aromatic heterocycles. The number of Topliss-reactive ketones (excluding diaryl/α,β-unsaturated/α-hetero) is 1. The number of fused-ring (bicyclic) bond motifs is 1. The van der Waals surface area contributed by atoms with Crippen molar-refractivity contribution in [2.75, 3.05) is 0 Å². The topological polar surface area (TPSA) is 30.2 Å². The van der Waals surface area contributed by atoms with E-state index in [1.165, 1.54) is 22.6 Å². The summed E-state index contributed by atoms with van der Waals surface area (Å²) >= 11 is 1.68. The Bertz CT molecular complexity index is 650. The Balaban J connectivity index is 1.93. The second-order valence-corrected chi connectivity index (χ2v) is 4.78. The molecule has 1 aromatic carbocycles. The van der Waals surface area contributed by atoms with E-state index in [1.54, 1.807) is 17.4 Å². The number of carbonyl (C=O) groups excluding carboxylic acids is 1. The summed E-state index contributed by atoms with van der Waals surface area (Å²) in [5.74, 6) is 0.0994. The van der Waals surface area contributed by atoms with Crippen LogP contribution in [0.1, 0.15) is 15.9 Å². The fourth-order valence-electron chi connectivity index (χ4n) is 1.87. The lowest BCUT2D eigenvalue weighted by Crippen LogP contribution is -2.01. The first-order chi connectivity index (χ1) is 8.34. The smallest absolute Gasteiger partial charge is 0.170 e. The van der Waals surface area contributed by atoms with Crippen LogP contribution < -0.4 is 0 Å². The second kappa shape index (κ2) is 4.18. The average molecular weight is 242 g/mol. The highest BCUT2D eigenvalue weighted by Crippen LogP contribution is 2.26. The number of carbonyl (C=O) groups is 1. The van der Waals surface area contributed by atoms with Crippen LogP contribution in [-0.4, -0.2) is 5.78 Å². The molecule has 0 radical (unpaired) electrons. The Labute approximate surface area is 102 Å². The normalized spacial score (nSPS) is 10.8. The molecule has 0 saturated carbocycles. The summed E-state index contributed by atoms with van der Waals surface area (Å²) in [6.45, 7) is 0. The Kier molecular flexibility index (Phi) is 2.53. The van der Waals surface area contributed by atoms with Gasteiger partial charge in [0.05, 0.1) is 11.8 Å². The lowest BCUT2D eigenvalue weighted by atomic mass is 10.0. The fourth-order valence-corrected chi connectivity index (χ4v) is 2.83. The van der Waals surface area contributed by atoms with E-state index >= 15 is 0 Å². The van der Waals surface area contributed by atoms with Crippen molar-refractivity contribution in [1.82, 2.24) is 0 Å². The molecule has 2 heterocycles. The molecule has 3 heteroatoms. The van der Waals surface area contributed by atoms with Gasteiger partial charge in [0, 0.05) is 11.1 Å². The van der Waals surface area contributed by atoms with Crippen molar-refractivity contribution in [3.05, 3.63) is 59.4 Å². The quantitative estimate of drug-likeness (QED) is 0.652. The first-order valence-corrected chi connectivity index (χ1v) is 6.23. The summed E-state index contributed by atoms with van der Waals surface area (Å²) in [7, 11) is 0. The van der Waals surface area contributed by atoms with E-state index in [1.807, 2.05) is 12.1 Å². The predicted octanol–water partition coefficient (Wildman–Crippen LogP) is 3.92. The Hall–Kier alpha value is -1.87. The van der Waals surface area contributed by atoms with Gasteiger partial charge in [0.2, 0.25) is 0 Å². The summed E-state index contributed by atoms with van der Waals surface area (Å²) in [6, 6.07) is 9.86. The van der Waals surface area contributed by atoms with Gasteiger partial charge in [-0.1, -0.05) is 18.2 Å². The van der Waals surface area contributed by atoms with E-state index in [0.717, 1.165) is 5.56 Å². The van der Waals surface area contributed by atoms with E-state index in [4.69, 9.17) is 4.42 Å². The zero-order valence-electron chi connectivity index (χ0n) is 9.05. The summed E-state index contributed by atoms with van der Waals surface area (Å²) in [4.78, 5) is 12.0. The predicted molar refractivity (Wildman–Crippen MR) is 68.6 cm³/mol. The minimum absolute atomic E-state index is 0.0994. The third-order valence-electron chi connectivity index (χ3n) is 2.76. The summed E-state index contributed by atoms with van der Waals surface area (Å²) < 4.78 is 6.15. The van der Waals surface area contributed by atoms with Crippen LogP contribution in [0.2, 0.25) is 0 Å². The molecule has 0 spiro atoms. The summed E-state index contributed by atoms with van der Waals surface area (Å²) in [6.07, 6.45) is 3.46. The Morgan fingerprint density at radius 2 is 2.12 bits per heavy atom. The lowest BCUT2D eigenvalue weighted by Gasteiger charge is -1.97. The summed E-state index contributed by atoms with van der Waals surface area (Å²) in [5.41, 5.74) is 1.73. The van der Waals surface area contributed by atoms with Crippen molar-refractivity contribution in [2.24, 2.45) is 0 Å². The largest absolute Gasteiger partial charge is 0.472 e. The van der Waals surface area contributed by atoms with Gasteiger partial charge in [-0.15, -0.1) is 11.3 Å². The van der Waals surface area contributed by atoms with Gasteiger partial charge in [-0.2, -0.15) is 0 Å². The van der Waals surface area contributed by atoms with Crippen molar-refractivity contribution < 1.29 is 9.21 Å². The van der Waals surface area contributed by atoms with Gasteiger partial charge >= 0.3 is 0 Å². The van der Waals surface area contributed by atoms with Crippen LogP contribution in [0.25, 0.3) is 10.1 Å². The van der Waals surface area contributed by atoms with E-state index in [2.05, 4.69) is 17.5 Å². The molecule has 0 aliphatic rings. The molecule has 0 N–H and O–H groups in total. The van der Waals surface area contributed by atoms with Crippen molar-refractivity contribution in [1.29, 1.82) is 0 Å². The van der Waals surface area contributed by atoms with E-state index < -0.39 is 0 Å². The van der Waals surface area contributed by atoms with E-state index in [9.17, 15) is 4.79 Å². The number of ketones is 1. The summed E-state index contributed by atoms with van der Waals surface area (Å²) in [5, 5.41) is 3.23. The standard InChI is InChI=1S/C14H10O2S/c15-13(10-5-6-16-8-10)7-11-9-17-14-4-2-1-3-12(11)14/h1-6,8-9H,7H2. The Morgan fingerprint density at radius 3 is 2.94 bits per heavy atom. The zero-order valence-corrected chi connectivity index (χ0v) is 9.87. The minimum atomic E-state index is 0.0994. The minimum Gasteiger partial charge on any atom is -0.472 e. The highest BCUT2D eigenvalue weighted by molar-refractivity contribution is 7.17. The SMILES string of the molecule is O=C(Cc1csc2ccccc12)c1ccoc1.